The first-order chi connectivity index (χ1) is 11.7. The first-order valence-corrected chi connectivity index (χ1v) is 8.33. The predicted molar refractivity (Wildman–Crippen MR) is 93.2 cm³/mol. The lowest BCUT2D eigenvalue weighted by Crippen LogP contribution is -1.80. The van der Waals surface area contributed by atoms with E-state index in [2.05, 4.69) is 9.97 Å². The summed E-state index contributed by atoms with van der Waals surface area (Å²) in [6.45, 7) is 1.88. The fraction of sp³-hybridized carbons (Fsp3) is 0.0526. The van der Waals surface area contributed by atoms with Gasteiger partial charge in [-0.15, -0.1) is 11.3 Å². The van der Waals surface area contributed by atoms with Crippen molar-refractivity contribution in [2.24, 2.45) is 0 Å². The van der Waals surface area contributed by atoms with E-state index in [9.17, 15) is 4.39 Å². The van der Waals surface area contributed by atoms with E-state index in [1.807, 2.05) is 42.6 Å². The van der Waals surface area contributed by atoms with Crippen molar-refractivity contribution in [3.05, 3.63) is 71.5 Å². The smallest absolute Gasteiger partial charge is 0.227 e. The molecule has 0 aliphatic rings. The van der Waals surface area contributed by atoms with E-state index >= 15 is 0 Å². The van der Waals surface area contributed by atoms with Crippen molar-refractivity contribution in [3.63, 3.8) is 0 Å². The standard InChI is InChI=1S/C19H13FN2OS/c1-12-17(23-18(21-12)13-7-9-15(20)10-8-13)16-11-24-19(22-16)14-5-3-2-4-6-14/h2-11H,1H3. The number of aryl methyl sites for hydroxylation is 1. The van der Waals surface area contributed by atoms with Gasteiger partial charge in [0.25, 0.3) is 0 Å². The van der Waals surface area contributed by atoms with E-state index in [1.54, 1.807) is 23.5 Å². The van der Waals surface area contributed by atoms with E-state index in [1.165, 1.54) is 12.1 Å². The maximum Gasteiger partial charge on any atom is 0.227 e. The lowest BCUT2D eigenvalue weighted by molar-refractivity contribution is 0.585. The summed E-state index contributed by atoms with van der Waals surface area (Å²) in [5.41, 5.74) is 3.34. The molecule has 0 aliphatic heterocycles. The van der Waals surface area contributed by atoms with E-state index < -0.39 is 0 Å². The Labute approximate surface area is 142 Å². The Hall–Kier alpha value is -2.79. The molecule has 0 atom stereocenters. The average molecular weight is 336 g/mol. The summed E-state index contributed by atoms with van der Waals surface area (Å²) in [4.78, 5) is 9.10. The van der Waals surface area contributed by atoms with Crippen LogP contribution in [0.25, 0.3) is 33.5 Å². The minimum atomic E-state index is -0.283. The van der Waals surface area contributed by atoms with Crippen molar-refractivity contribution in [2.75, 3.05) is 0 Å². The highest BCUT2D eigenvalue weighted by Gasteiger charge is 2.16. The molecule has 3 nitrogen and oxygen atoms in total. The summed E-state index contributed by atoms with van der Waals surface area (Å²) < 4.78 is 18.9. The second-order valence-corrected chi connectivity index (χ2v) is 6.20. The highest BCUT2D eigenvalue weighted by Crippen LogP contribution is 2.33. The molecule has 0 unspecified atom stereocenters. The third-order valence-corrected chi connectivity index (χ3v) is 4.54. The van der Waals surface area contributed by atoms with Crippen LogP contribution in [0, 0.1) is 12.7 Å². The van der Waals surface area contributed by atoms with Crippen molar-refractivity contribution in [2.45, 2.75) is 6.92 Å². The number of benzene rings is 2. The zero-order valence-electron chi connectivity index (χ0n) is 12.9. The molecule has 0 bridgehead atoms. The molecule has 0 N–H and O–H groups in total. The van der Waals surface area contributed by atoms with Gasteiger partial charge in [-0.25, -0.2) is 14.4 Å². The molecule has 0 amide bonds. The summed E-state index contributed by atoms with van der Waals surface area (Å²) in [6, 6.07) is 16.1. The molecule has 0 saturated heterocycles. The van der Waals surface area contributed by atoms with Crippen LogP contribution in [0.5, 0.6) is 0 Å². The van der Waals surface area contributed by atoms with Gasteiger partial charge in [0.2, 0.25) is 5.89 Å². The minimum absolute atomic E-state index is 0.283. The van der Waals surface area contributed by atoms with Gasteiger partial charge < -0.3 is 4.42 Å². The molecule has 0 spiro atoms. The molecule has 4 rings (SSSR count). The van der Waals surface area contributed by atoms with Crippen LogP contribution in [0.4, 0.5) is 4.39 Å². The first kappa shape index (κ1) is 14.8. The molecule has 2 aromatic carbocycles. The van der Waals surface area contributed by atoms with Crippen LogP contribution in [0.2, 0.25) is 0 Å². The second-order valence-electron chi connectivity index (χ2n) is 5.34. The largest absolute Gasteiger partial charge is 0.434 e. The van der Waals surface area contributed by atoms with Crippen LogP contribution in [-0.4, -0.2) is 9.97 Å². The Bertz CT molecular complexity index is 974. The van der Waals surface area contributed by atoms with Crippen LogP contribution < -0.4 is 0 Å². The number of thiazole rings is 1. The van der Waals surface area contributed by atoms with Gasteiger partial charge >= 0.3 is 0 Å². The Morgan fingerprint density at radius 1 is 0.917 bits per heavy atom. The van der Waals surface area contributed by atoms with Gasteiger partial charge in [0.1, 0.15) is 16.5 Å². The summed E-state index contributed by atoms with van der Waals surface area (Å²) in [5, 5.41) is 2.90. The van der Waals surface area contributed by atoms with Crippen LogP contribution in [0.1, 0.15) is 5.69 Å². The van der Waals surface area contributed by atoms with Crippen LogP contribution in [0.3, 0.4) is 0 Å². The van der Waals surface area contributed by atoms with Crippen molar-refractivity contribution in [3.8, 4) is 33.5 Å². The van der Waals surface area contributed by atoms with E-state index in [0.717, 1.165) is 27.5 Å². The van der Waals surface area contributed by atoms with Gasteiger partial charge in [0, 0.05) is 16.5 Å². The topological polar surface area (TPSA) is 38.9 Å². The highest BCUT2D eigenvalue weighted by molar-refractivity contribution is 7.13. The van der Waals surface area contributed by atoms with E-state index in [0.29, 0.717) is 11.7 Å². The van der Waals surface area contributed by atoms with Crippen LogP contribution in [-0.2, 0) is 0 Å². The highest BCUT2D eigenvalue weighted by atomic mass is 32.1. The van der Waals surface area contributed by atoms with E-state index in [4.69, 9.17) is 4.42 Å². The SMILES string of the molecule is Cc1nc(-c2ccc(F)cc2)oc1-c1csc(-c2ccccc2)n1. The number of hydrogen-bond donors (Lipinski definition) is 0. The Morgan fingerprint density at radius 3 is 2.42 bits per heavy atom. The van der Waals surface area contributed by atoms with Gasteiger partial charge in [0.05, 0.1) is 5.69 Å². The monoisotopic (exact) mass is 336 g/mol. The van der Waals surface area contributed by atoms with Gasteiger partial charge in [-0.1, -0.05) is 30.3 Å². The minimum Gasteiger partial charge on any atom is -0.434 e. The number of nitrogens with zero attached hydrogens (tertiary/aromatic N) is 2. The Morgan fingerprint density at radius 2 is 1.67 bits per heavy atom. The lowest BCUT2D eigenvalue weighted by atomic mass is 10.2. The average Bonchev–Trinajstić information content (AvgIpc) is 3.23. The molecule has 0 saturated carbocycles. The maximum absolute atomic E-state index is 13.1. The van der Waals surface area contributed by atoms with Crippen LogP contribution >= 0.6 is 11.3 Å². The van der Waals surface area contributed by atoms with Crippen molar-refractivity contribution >= 4 is 11.3 Å². The zero-order valence-corrected chi connectivity index (χ0v) is 13.7. The quantitative estimate of drug-likeness (QED) is 0.490. The maximum atomic E-state index is 13.1. The van der Waals surface area contributed by atoms with Crippen molar-refractivity contribution < 1.29 is 8.81 Å². The Balaban J connectivity index is 1.70. The number of halogens is 1. The van der Waals surface area contributed by atoms with Gasteiger partial charge in [-0.05, 0) is 31.2 Å². The fourth-order valence-corrected chi connectivity index (χ4v) is 3.25. The van der Waals surface area contributed by atoms with Gasteiger partial charge in [-0.2, -0.15) is 0 Å². The molecule has 5 heteroatoms. The molecule has 0 radical (unpaired) electrons. The molecule has 118 valence electrons. The lowest BCUT2D eigenvalue weighted by Gasteiger charge is -1.95. The molecular weight excluding hydrogens is 323 g/mol. The van der Waals surface area contributed by atoms with Gasteiger partial charge in [-0.3, -0.25) is 0 Å². The van der Waals surface area contributed by atoms with Crippen molar-refractivity contribution in [1.82, 2.24) is 9.97 Å². The van der Waals surface area contributed by atoms with Gasteiger partial charge in [0.15, 0.2) is 5.76 Å². The molecule has 4 aromatic rings. The predicted octanol–water partition coefficient (Wildman–Crippen LogP) is 5.58. The molecular formula is C19H13FN2OS. The summed E-state index contributed by atoms with van der Waals surface area (Å²) in [5.74, 6) is 0.832. The third kappa shape index (κ3) is 2.74. The third-order valence-electron chi connectivity index (χ3n) is 3.65. The number of rotatable bonds is 3. The number of oxazole rings is 1. The molecule has 2 heterocycles. The summed E-state index contributed by atoms with van der Waals surface area (Å²) in [7, 11) is 0. The molecule has 24 heavy (non-hydrogen) atoms. The number of aromatic nitrogens is 2. The summed E-state index contributed by atoms with van der Waals surface area (Å²) in [6.07, 6.45) is 0. The number of hydrogen-bond acceptors (Lipinski definition) is 4. The van der Waals surface area contributed by atoms with Crippen LogP contribution in [0.15, 0.2) is 64.4 Å². The first-order valence-electron chi connectivity index (χ1n) is 7.45. The zero-order chi connectivity index (χ0) is 16.5. The summed E-state index contributed by atoms with van der Waals surface area (Å²) >= 11 is 1.56. The molecule has 0 fully saturated rings. The van der Waals surface area contributed by atoms with E-state index in [-0.39, 0.29) is 5.82 Å². The van der Waals surface area contributed by atoms with Crippen molar-refractivity contribution in [1.29, 1.82) is 0 Å². The second kappa shape index (κ2) is 6.02. The molecule has 0 aliphatic carbocycles. The fourth-order valence-electron chi connectivity index (χ4n) is 2.44. The Kier molecular flexibility index (Phi) is 3.70. The molecule has 2 aromatic heterocycles. The normalized spacial score (nSPS) is 10.9.